The van der Waals surface area contributed by atoms with Crippen LogP contribution in [0.1, 0.15) is 30.5 Å². The smallest absolute Gasteiger partial charge is 0.312 e. The van der Waals surface area contributed by atoms with Crippen molar-refractivity contribution >= 4 is 17.8 Å². The lowest BCUT2D eigenvalue weighted by Gasteiger charge is -2.25. The molecular formula is C18H20N4O2. The fourth-order valence-corrected chi connectivity index (χ4v) is 3.51. The number of amides is 3. The summed E-state index contributed by atoms with van der Waals surface area (Å²) in [7, 11) is 0. The van der Waals surface area contributed by atoms with Gasteiger partial charge in [0.05, 0.1) is 5.69 Å². The van der Waals surface area contributed by atoms with Gasteiger partial charge in [0.2, 0.25) is 0 Å². The van der Waals surface area contributed by atoms with E-state index in [0.717, 1.165) is 30.6 Å². The van der Waals surface area contributed by atoms with Gasteiger partial charge in [-0.05, 0) is 45.2 Å². The van der Waals surface area contributed by atoms with E-state index in [2.05, 4.69) is 5.10 Å². The van der Waals surface area contributed by atoms with Crippen LogP contribution in [0.3, 0.4) is 0 Å². The lowest BCUT2D eigenvalue weighted by atomic mass is 10.0. The van der Waals surface area contributed by atoms with Crippen LogP contribution in [0.2, 0.25) is 0 Å². The van der Waals surface area contributed by atoms with Crippen LogP contribution >= 0.6 is 0 Å². The van der Waals surface area contributed by atoms with E-state index in [9.17, 15) is 9.59 Å². The number of urea groups is 1. The number of anilines is 1. The van der Waals surface area contributed by atoms with E-state index in [-0.39, 0.29) is 18.0 Å². The van der Waals surface area contributed by atoms with E-state index >= 15 is 0 Å². The summed E-state index contributed by atoms with van der Waals surface area (Å²) in [6.45, 7) is 4.61. The molecule has 0 aliphatic carbocycles. The molecule has 2 saturated heterocycles. The van der Waals surface area contributed by atoms with Crippen LogP contribution in [0.15, 0.2) is 30.3 Å². The summed E-state index contributed by atoms with van der Waals surface area (Å²) in [5.41, 5.74) is 2.98. The predicted molar refractivity (Wildman–Crippen MR) is 90.3 cm³/mol. The second-order valence-corrected chi connectivity index (χ2v) is 6.55. The van der Waals surface area contributed by atoms with Crippen molar-refractivity contribution in [3.63, 3.8) is 0 Å². The van der Waals surface area contributed by atoms with Crippen molar-refractivity contribution in [1.82, 2.24) is 14.7 Å². The molecule has 0 N–H and O–H groups in total. The fraction of sp³-hybridized carbons (Fsp3) is 0.389. The lowest BCUT2D eigenvalue weighted by Crippen LogP contribution is -2.39. The first-order valence-electron chi connectivity index (χ1n) is 8.34. The second-order valence-electron chi connectivity index (χ2n) is 6.55. The van der Waals surface area contributed by atoms with E-state index in [1.807, 2.05) is 38.1 Å². The van der Waals surface area contributed by atoms with Crippen LogP contribution in [0, 0.1) is 13.8 Å². The van der Waals surface area contributed by atoms with E-state index in [4.69, 9.17) is 0 Å². The zero-order valence-corrected chi connectivity index (χ0v) is 13.9. The van der Waals surface area contributed by atoms with Gasteiger partial charge in [0.25, 0.3) is 5.91 Å². The lowest BCUT2D eigenvalue weighted by molar-refractivity contribution is -0.120. The normalized spacial score (nSPS) is 20.7. The van der Waals surface area contributed by atoms with Gasteiger partial charge < -0.3 is 4.90 Å². The molecule has 0 bridgehead atoms. The average Bonchev–Trinajstić information content (AvgIpc) is 3.07. The number of nitrogens with zero attached hydrogens (tertiary/aromatic N) is 4. The van der Waals surface area contributed by atoms with Gasteiger partial charge in [-0.25, -0.2) is 14.4 Å². The fourth-order valence-electron chi connectivity index (χ4n) is 3.51. The molecule has 1 aromatic carbocycles. The molecule has 2 aliphatic heterocycles. The maximum Gasteiger partial charge on any atom is 0.333 e. The summed E-state index contributed by atoms with van der Waals surface area (Å²) in [5, 5.41) is 4.52. The molecule has 6 nitrogen and oxygen atoms in total. The molecule has 1 atom stereocenters. The Kier molecular flexibility index (Phi) is 3.40. The Bertz CT molecular complexity index is 785. The minimum absolute atomic E-state index is 0.145. The van der Waals surface area contributed by atoms with Crippen molar-refractivity contribution < 1.29 is 9.59 Å². The first-order chi connectivity index (χ1) is 11.6. The highest BCUT2D eigenvalue weighted by molar-refractivity contribution is 6.20. The molecule has 2 aromatic rings. The number of aromatic nitrogens is 2. The van der Waals surface area contributed by atoms with Crippen LogP contribution in [-0.2, 0) is 4.79 Å². The standard InChI is InChI=1S/C18H20N4O2/c1-12-6-8-14(9-7-12)22-13(2)11-16(19-22)21-17(23)15-5-3-4-10-20(15)18(21)24/h6-9,11,15H,3-5,10H2,1-2H3. The first kappa shape index (κ1) is 14.9. The van der Waals surface area contributed by atoms with Crippen LogP contribution in [0.25, 0.3) is 5.69 Å². The molecule has 1 aromatic heterocycles. The number of carbonyl (C=O) groups is 2. The maximum absolute atomic E-state index is 12.7. The molecular weight excluding hydrogens is 304 g/mol. The molecule has 0 spiro atoms. The molecule has 0 radical (unpaired) electrons. The van der Waals surface area contributed by atoms with Crippen molar-refractivity contribution in [2.45, 2.75) is 39.2 Å². The van der Waals surface area contributed by atoms with Crippen molar-refractivity contribution in [2.75, 3.05) is 11.4 Å². The number of carbonyl (C=O) groups excluding carboxylic acids is 2. The Morgan fingerprint density at radius 1 is 1.08 bits per heavy atom. The zero-order valence-electron chi connectivity index (χ0n) is 13.9. The van der Waals surface area contributed by atoms with Crippen LogP contribution in [0.4, 0.5) is 10.6 Å². The number of imide groups is 1. The first-order valence-corrected chi connectivity index (χ1v) is 8.34. The van der Waals surface area contributed by atoms with Crippen molar-refractivity contribution in [3.05, 3.63) is 41.6 Å². The quantitative estimate of drug-likeness (QED) is 0.798. The van der Waals surface area contributed by atoms with Gasteiger partial charge >= 0.3 is 6.03 Å². The summed E-state index contributed by atoms with van der Waals surface area (Å²) in [5.74, 6) is 0.269. The number of fused-ring (bicyclic) bond motifs is 1. The molecule has 2 aliphatic rings. The van der Waals surface area contributed by atoms with Crippen molar-refractivity contribution in [1.29, 1.82) is 0 Å². The van der Waals surface area contributed by atoms with E-state index in [1.54, 1.807) is 15.6 Å². The summed E-state index contributed by atoms with van der Waals surface area (Å²) in [4.78, 5) is 28.2. The molecule has 124 valence electrons. The van der Waals surface area contributed by atoms with Crippen LogP contribution in [-0.4, -0.2) is 39.2 Å². The van der Waals surface area contributed by atoms with Gasteiger partial charge in [-0.15, -0.1) is 5.10 Å². The molecule has 0 saturated carbocycles. The molecule has 6 heteroatoms. The van der Waals surface area contributed by atoms with Crippen LogP contribution < -0.4 is 4.90 Å². The van der Waals surface area contributed by atoms with Gasteiger partial charge in [0.1, 0.15) is 6.04 Å². The highest BCUT2D eigenvalue weighted by Crippen LogP contribution is 2.30. The Labute approximate surface area is 140 Å². The zero-order chi connectivity index (χ0) is 16.8. The highest BCUT2D eigenvalue weighted by atomic mass is 16.2. The Balaban J connectivity index is 1.70. The van der Waals surface area contributed by atoms with Crippen molar-refractivity contribution in [3.8, 4) is 5.69 Å². The minimum Gasteiger partial charge on any atom is -0.312 e. The Hall–Kier alpha value is -2.63. The predicted octanol–water partition coefficient (Wildman–Crippen LogP) is 2.81. The Morgan fingerprint density at radius 3 is 2.54 bits per heavy atom. The third kappa shape index (κ3) is 2.21. The van der Waals surface area contributed by atoms with Gasteiger partial charge in [0.15, 0.2) is 5.82 Å². The second kappa shape index (κ2) is 5.47. The molecule has 4 rings (SSSR count). The van der Waals surface area contributed by atoms with Gasteiger partial charge in [0, 0.05) is 18.3 Å². The molecule has 1 unspecified atom stereocenters. The average molecular weight is 324 g/mol. The molecule has 3 amide bonds. The number of piperidine rings is 1. The van der Waals surface area contributed by atoms with Gasteiger partial charge in [-0.3, -0.25) is 4.79 Å². The minimum atomic E-state index is -0.309. The number of benzene rings is 1. The molecule has 24 heavy (non-hydrogen) atoms. The SMILES string of the molecule is Cc1ccc(-n2nc(N3C(=O)C4CCCCN4C3=O)cc2C)cc1. The van der Waals surface area contributed by atoms with Crippen molar-refractivity contribution in [2.24, 2.45) is 0 Å². The maximum atomic E-state index is 12.7. The monoisotopic (exact) mass is 324 g/mol. The van der Waals surface area contributed by atoms with Crippen LogP contribution in [0.5, 0.6) is 0 Å². The molecule has 2 fully saturated rings. The number of hydrogen-bond donors (Lipinski definition) is 0. The number of rotatable bonds is 2. The highest BCUT2D eigenvalue weighted by Gasteiger charge is 2.47. The summed E-state index contributed by atoms with van der Waals surface area (Å²) in [6.07, 6.45) is 2.70. The third-order valence-electron chi connectivity index (χ3n) is 4.83. The topological polar surface area (TPSA) is 58.4 Å². The van der Waals surface area contributed by atoms with E-state index in [1.165, 1.54) is 10.5 Å². The number of aryl methyl sites for hydroxylation is 2. The third-order valence-corrected chi connectivity index (χ3v) is 4.83. The summed E-state index contributed by atoms with van der Waals surface area (Å²) < 4.78 is 1.77. The summed E-state index contributed by atoms with van der Waals surface area (Å²) in [6, 6.07) is 9.25. The Morgan fingerprint density at radius 2 is 1.83 bits per heavy atom. The van der Waals surface area contributed by atoms with E-state index in [0.29, 0.717) is 12.4 Å². The van der Waals surface area contributed by atoms with E-state index < -0.39 is 0 Å². The van der Waals surface area contributed by atoms with Gasteiger partial charge in [-0.1, -0.05) is 17.7 Å². The largest absolute Gasteiger partial charge is 0.333 e. The van der Waals surface area contributed by atoms with Gasteiger partial charge in [-0.2, -0.15) is 0 Å². The summed E-state index contributed by atoms with van der Waals surface area (Å²) >= 11 is 0. The number of hydrogen-bond acceptors (Lipinski definition) is 3. The molecule has 3 heterocycles.